The Morgan fingerprint density at radius 3 is 2.68 bits per heavy atom. The number of hydrogen-bond acceptors (Lipinski definition) is 4. The lowest BCUT2D eigenvalue weighted by molar-refractivity contribution is 0.631. The molecule has 6 nitrogen and oxygen atoms in total. The molecule has 0 spiro atoms. The van der Waals surface area contributed by atoms with Gasteiger partial charge in [0.05, 0.1) is 28.8 Å². The average Bonchev–Trinajstić information content (AvgIpc) is 3.55. The van der Waals surface area contributed by atoms with E-state index in [2.05, 4.69) is 32.1 Å². The lowest BCUT2D eigenvalue weighted by atomic mass is 10.0. The topological polar surface area (TPSA) is 82.3 Å². The van der Waals surface area contributed by atoms with Crippen LogP contribution in [0.25, 0.3) is 55.7 Å². The fourth-order valence-electron chi connectivity index (χ4n) is 4.81. The monoisotopic (exact) mass is 486 g/mol. The number of fused-ring (bicyclic) bond motifs is 2. The van der Waals surface area contributed by atoms with E-state index in [0.29, 0.717) is 17.2 Å². The molecule has 6 aromatic rings. The minimum atomic E-state index is -0.250. The number of nitrogens with zero attached hydrogens (tertiary/aromatic N) is 3. The van der Waals surface area contributed by atoms with Gasteiger partial charge in [0, 0.05) is 33.9 Å². The SMILES string of the molecule is C=C(Nc1cncc(-c2ccc3[nH]nc(-c4cc5c(-c6ccccc6F)cccc5[nH]4)c3n2)c1)C1CC1. The van der Waals surface area contributed by atoms with E-state index in [1.807, 2.05) is 54.7 Å². The summed E-state index contributed by atoms with van der Waals surface area (Å²) >= 11 is 0. The summed E-state index contributed by atoms with van der Waals surface area (Å²) in [7, 11) is 0. The maximum Gasteiger partial charge on any atom is 0.135 e. The zero-order chi connectivity index (χ0) is 24.9. The van der Waals surface area contributed by atoms with Crippen LogP contribution in [-0.2, 0) is 0 Å². The van der Waals surface area contributed by atoms with Crippen molar-refractivity contribution in [2.75, 3.05) is 5.32 Å². The Morgan fingerprint density at radius 1 is 0.946 bits per heavy atom. The predicted molar refractivity (Wildman–Crippen MR) is 145 cm³/mol. The molecule has 4 heterocycles. The van der Waals surface area contributed by atoms with E-state index >= 15 is 0 Å². The van der Waals surface area contributed by atoms with Crippen LogP contribution in [0.1, 0.15) is 12.8 Å². The van der Waals surface area contributed by atoms with Crippen LogP contribution in [0, 0.1) is 11.7 Å². The van der Waals surface area contributed by atoms with Crippen molar-refractivity contribution in [2.24, 2.45) is 5.92 Å². The molecule has 2 aromatic carbocycles. The number of allylic oxidation sites excluding steroid dienone is 1. The molecule has 1 aliphatic rings. The van der Waals surface area contributed by atoms with Gasteiger partial charge < -0.3 is 10.3 Å². The highest BCUT2D eigenvalue weighted by molar-refractivity contribution is 6.00. The van der Waals surface area contributed by atoms with E-state index in [1.165, 1.54) is 18.9 Å². The van der Waals surface area contributed by atoms with E-state index in [0.717, 1.165) is 55.8 Å². The molecule has 1 saturated carbocycles. The molecule has 1 fully saturated rings. The molecular formula is C30H23FN6. The Morgan fingerprint density at radius 2 is 1.81 bits per heavy atom. The van der Waals surface area contributed by atoms with Crippen molar-refractivity contribution in [1.82, 2.24) is 25.1 Å². The number of anilines is 1. The third-order valence-corrected chi connectivity index (χ3v) is 6.90. The van der Waals surface area contributed by atoms with Gasteiger partial charge in [0.2, 0.25) is 0 Å². The molecule has 0 radical (unpaired) electrons. The molecule has 0 bridgehead atoms. The number of benzene rings is 2. The van der Waals surface area contributed by atoms with Gasteiger partial charge in [-0.05, 0) is 60.7 Å². The quantitative estimate of drug-likeness (QED) is 0.231. The van der Waals surface area contributed by atoms with E-state index in [-0.39, 0.29) is 5.82 Å². The van der Waals surface area contributed by atoms with Crippen LogP contribution in [-0.4, -0.2) is 25.1 Å². The van der Waals surface area contributed by atoms with Crippen molar-refractivity contribution in [3.63, 3.8) is 0 Å². The minimum absolute atomic E-state index is 0.250. The Labute approximate surface area is 212 Å². The molecular weight excluding hydrogens is 463 g/mol. The summed E-state index contributed by atoms with van der Waals surface area (Å²) in [5.41, 5.74) is 9.03. The summed E-state index contributed by atoms with van der Waals surface area (Å²) in [6, 6.07) is 20.7. The first-order valence-corrected chi connectivity index (χ1v) is 12.3. The third-order valence-electron chi connectivity index (χ3n) is 6.90. The Kier molecular flexibility index (Phi) is 4.89. The second-order valence-corrected chi connectivity index (χ2v) is 9.48. The number of nitrogens with one attached hydrogen (secondary N) is 3. The lowest BCUT2D eigenvalue weighted by Crippen LogP contribution is -2.00. The smallest absolute Gasteiger partial charge is 0.135 e. The molecule has 1 aliphatic carbocycles. The summed E-state index contributed by atoms with van der Waals surface area (Å²) in [5, 5.41) is 12.0. The van der Waals surface area contributed by atoms with Crippen LogP contribution in [0.2, 0.25) is 0 Å². The lowest BCUT2D eigenvalue weighted by Gasteiger charge is -2.09. The minimum Gasteiger partial charge on any atom is -0.358 e. The average molecular weight is 487 g/mol. The van der Waals surface area contributed by atoms with Gasteiger partial charge in [0.25, 0.3) is 0 Å². The first kappa shape index (κ1) is 21.5. The number of hydrogen-bond donors (Lipinski definition) is 3. The zero-order valence-corrected chi connectivity index (χ0v) is 19.9. The molecule has 0 aliphatic heterocycles. The molecule has 3 N–H and O–H groups in total. The fraction of sp³-hybridized carbons (Fsp3) is 0.100. The predicted octanol–water partition coefficient (Wildman–Crippen LogP) is 7.31. The molecule has 0 saturated heterocycles. The number of aromatic nitrogens is 5. The highest BCUT2D eigenvalue weighted by Crippen LogP contribution is 2.37. The maximum atomic E-state index is 14.6. The van der Waals surface area contributed by atoms with E-state index in [1.54, 1.807) is 18.3 Å². The van der Waals surface area contributed by atoms with Crippen LogP contribution in [0.4, 0.5) is 10.1 Å². The molecule has 4 aromatic heterocycles. The van der Waals surface area contributed by atoms with Gasteiger partial charge in [-0.25, -0.2) is 9.37 Å². The van der Waals surface area contributed by atoms with Gasteiger partial charge in [-0.3, -0.25) is 10.1 Å². The van der Waals surface area contributed by atoms with Gasteiger partial charge >= 0.3 is 0 Å². The molecule has 7 rings (SSSR count). The summed E-state index contributed by atoms with van der Waals surface area (Å²) in [5.74, 6) is 0.308. The number of H-pyrrole nitrogens is 2. The van der Waals surface area contributed by atoms with Crippen molar-refractivity contribution in [2.45, 2.75) is 12.8 Å². The van der Waals surface area contributed by atoms with Crippen molar-refractivity contribution < 1.29 is 4.39 Å². The van der Waals surface area contributed by atoms with E-state index in [9.17, 15) is 4.39 Å². The zero-order valence-electron chi connectivity index (χ0n) is 19.9. The highest BCUT2D eigenvalue weighted by Gasteiger charge is 2.24. The molecule has 180 valence electrons. The summed E-state index contributed by atoms with van der Waals surface area (Å²) in [4.78, 5) is 12.8. The second kappa shape index (κ2) is 8.41. The molecule has 0 atom stereocenters. The Balaban J connectivity index is 1.29. The second-order valence-electron chi connectivity index (χ2n) is 9.48. The van der Waals surface area contributed by atoms with Crippen molar-refractivity contribution >= 4 is 27.6 Å². The van der Waals surface area contributed by atoms with E-state index in [4.69, 9.17) is 4.98 Å². The number of halogens is 1. The molecule has 0 unspecified atom stereocenters. The summed E-state index contributed by atoms with van der Waals surface area (Å²) in [6.07, 6.45) is 5.99. The maximum absolute atomic E-state index is 14.6. The molecule has 7 heteroatoms. The first-order chi connectivity index (χ1) is 18.1. The van der Waals surface area contributed by atoms with Crippen LogP contribution < -0.4 is 5.32 Å². The van der Waals surface area contributed by atoms with Gasteiger partial charge in [-0.2, -0.15) is 5.10 Å². The third kappa shape index (κ3) is 3.85. The largest absolute Gasteiger partial charge is 0.358 e. The van der Waals surface area contributed by atoms with Crippen LogP contribution in [0.3, 0.4) is 0 Å². The van der Waals surface area contributed by atoms with Gasteiger partial charge in [0.1, 0.15) is 17.0 Å². The van der Waals surface area contributed by atoms with Crippen molar-refractivity contribution in [3.8, 4) is 33.8 Å². The van der Waals surface area contributed by atoms with E-state index < -0.39 is 0 Å². The van der Waals surface area contributed by atoms with Crippen molar-refractivity contribution in [1.29, 1.82) is 0 Å². The Bertz CT molecular complexity index is 1810. The number of aromatic amines is 2. The van der Waals surface area contributed by atoms with Crippen LogP contribution in [0.5, 0.6) is 0 Å². The van der Waals surface area contributed by atoms with Gasteiger partial charge in [-0.15, -0.1) is 0 Å². The summed E-state index contributed by atoms with van der Waals surface area (Å²) < 4.78 is 14.6. The highest BCUT2D eigenvalue weighted by atomic mass is 19.1. The first-order valence-electron chi connectivity index (χ1n) is 12.3. The number of pyridine rings is 2. The normalized spacial score (nSPS) is 13.3. The van der Waals surface area contributed by atoms with Gasteiger partial charge in [-0.1, -0.05) is 36.9 Å². The Hall–Kier alpha value is -4.78. The summed E-state index contributed by atoms with van der Waals surface area (Å²) in [6.45, 7) is 4.15. The standard InChI is InChI=1S/C30H23FN6/c1-17(18-9-10-18)33-20-13-19(15-32-16-20)25-11-12-27-29(35-25)30(37-36-27)28-14-23-21(6-4-8-26(23)34-28)22-5-2-3-7-24(22)31/h2-8,11-16,18,33-34H,1,9-10H2,(H,36,37). The fourth-order valence-corrected chi connectivity index (χ4v) is 4.81. The van der Waals surface area contributed by atoms with Crippen LogP contribution in [0.15, 0.2) is 91.4 Å². The molecule has 0 amide bonds. The van der Waals surface area contributed by atoms with Crippen molar-refractivity contribution in [3.05, 3.63) is 97.2 Å². The molecule has 37 heavy (non-hydrogen) atoms. The number of rotatable bonds is 6. The van der Waals surface area contributed by atoms with Gasteiger partial charge in [0.15, 0.2) is 0 Å². The van der Waals surface area contributed by atoms with Crippen LogP contribution >= 0.6 is 0 Å².